The number of aryl methyl sites for hydroxylation is 1. The Kier molecular flexibility index (Phi) is 3.48. The molecule has 2 aromatic heterocycles. The topological polar surface area (TPSA) is 30.7 Å². The van der Waals surface area contributed by atoms with Gasteiger partial charge in [0.15, 0.2) is 5.65 Å². The number of pyridine rings is 1. The van der Waals surface area contributed by atoms with Crippen LogP contribution in [0.2, 0.25) is 0 Å². The molecule has 0 bridgehead atoms. The maximum atomic E-state index is 6.07. The minimum atomic E-state index is 0.361. The number of thioether (sulfide) groups is 1. The van der Waals surface area contributed by atoms with Crippen LogP contribution in [-0.4, -0.2) is 25.5 Å². The number of fused-ring (bicyclic) bond motifs is 1. The first kappa shape index (κ1) is 13.3. The van der Waals surface area contributed by atoms with Gasteiger partial charge >= 0.3 is 0 Å². The second kappa shape index (κ2) is 4.98. The molecule has 1 aliphatic rings. The maximum absolute atomic E-state index is 6.07. The molecule has 5 heteroatoms. The number of nitrogens with zero attached hydrogens (tertiary/aromatic N) is 3. The first-order valence-corrected chi connectivity index (χ1v) is 8.37. The van der Waals surface area contributed by atoms with Gasteiger partial charge in [-0.25, -0.2) is 9.97 Å². The number of aromatic nitrogens is 3. The van der Waals surface area contributed by atoms with Crippen LogP contribution in [0.15, 0.2) is 12.3 Å². The summed E-state index contributed by atoms with van der Waals surface area (Å²) in [5.41, 5.74) is 3.15. The third-order valence-electron chi connectivity index (χ3n) is 4.18. The number of imidazole rings is 1. The van der Waals surface area contributed by atoms with Gasteiger partial charge in [0.2, 0.25) is 0 Å². The van der Waals surface area contributed by atoms with Crippen molar-refractivity contribution in [1.29, 1.82) is 0 Å². The summed E-state index contributed by atoms with van der Waals surface area (Å²) in [5, 5.41) is 0. The molecule has 0 unspecified atom stereocenters. The average Bonchev–Trinajstić information content (AvgIpc) is 2.73. The molecule has 0 atom stereocenters. The summed E-state index contributed by atoms with van der Waals surface area (Å²) in [6.07, 6.45) is 7.95. The lowest BCUT2D eigenvalue weighted by Gasteiger charge is -2.40. The van der Waals surface area contributed by atoms with E-state index in [-0.39, 0.29) is 0 Å². The highest BCUT2D eigenvalue weighted by Crippen LogP contribution is 2.44. The molecule has 0 aliphatic heterocycles. The summed E-state index contributed by atoms with van der Waals surface area (Å²) in [6.45, 7) is 3.05. The number of rotatable bonds is 4. The Morgan fingerprint density at radius 3 is 2.84 bits per heavy atom. The van der Waals surface area contributed by atoms with Gasteiger partial charge in [0.05, 0.1) is 5.88 Å². The molecule has 3 rings (SSSR count). The van der Waals surface area contributed by atoms with E-state index in [0.717, 1.165) is 23.5 Å². The Bertz CT molecular complexity index is 598. The summed E-state index contributed by atoms with van der Waals surface area (Å²) >= 11 is 8.04. The molecule has 2 heterocycles. The molecule has 2 aromatic rings. The highest BCUT2D eigenvalue weighted by Gasteiger charge is 2.37. The van der Waals surface area contributed by atoms with Crippen LogP contribution in [0, 0.1) is 6.92 Å². The van der Waals surface area contributed by atoms with Crippen molar-refractivity contribution in [3.8, 4) is 0 Å². The summed E-state index contributed by atoms with van der Waals surface area (Å²) in [5.74, 6) is 1.39. The van der Waals surface area contributed by atoms with E-state index in [1.54, 1.807) is 0 Å². The minimum absolute atomic E-state index is 0.361. The molecular formula is C14H18ClN3S. The zero-order valence-corrected chi connectivity index (χ0v) is 12.9. The van der Waals surface area contributed by atoms with Crippen LogP contribution in [0.5, 0.6) is 0 Å². The molecular weight excluding hydrogens is 278 g/mol. The second-order valence-electron chi connectivity index (χ2n) is 5.29. The molecule has 3 nitrogen and oxygen atoms in total. The molecule has 0 amide bonds. The molecule has 1 aliphatic carbocycles. The first-order valence-electron chi connectivity index (χ1n) is 6.61. The monoisotopic (exact) mass is 295 g/mol. The number of alkyl halides is 1. The van der Waals surface area contributed by atoms with Gasteiger partial charge in [0.25, 0.3) is 0 Å². The van der Waals surface area contributed by atoms with E-state index < -0.39 is 0 Å². The van der Waals surface area contributed by atoms with Crippen molar-refractivity contribution in [3.05, 3.63) is 23.7 Å². The summed E-state index contributed by atoms with van der Waals surface area (Å²) < 4.78 is 2.59. The first-order chi connectivity index (χ1) is 9.19. The Balaban J connectivity index is 2.08. The third-order valence-corrected chi connectivity index (χ3v) is 5.82. The van der Waals surface area contributed by atoms with E-state index >= 15 is 0 Å². The van der Waals surface area contributed by atoms with Gasteiger partial charge in [-0.3, -0.25) is 0 Å². The molecule has 0 spiro atoms. The van der Waals surface area contributed by atoms with Crippen molar-refractivity contribution in [2.24, 2.45) is 0 Å². The SMILES string of the molecule is CSC1(Cn2c(CCl)nc3c(C)ccnc32)CCC1. The molecule has 0 saturated heterocycles. The van der Waals surface area contributed by atoms with E-state index in [1.165, 1.54) is 24.8 Å². The Labute approximate surface area is 122 Å². The molecule has 102 valence electrons. The molecule has 1 fully saturated rings. The fourth-order valence-electron chi connectivity index (χ4n) is 2.74. The number of halogens is 1. The largest absolute Gasteiger partial charge is 0.310 e. The number of hydrogen-bond acceptors (Lipinski definition) is 3. The minimum Gasteiger partial charge on any atom is -0.310 e. The Morgan fingerprint density at radius 1 is 1.47 bits per heavy atom. The van der Waals surface area contributed by atoms with Crippen molar-refractivity contribution in [2.75, 3.05) is 6.26 Å². The predicted molar refractivity (Wildman–Crippen MR) is 81.9 cm³/mol. The zero-order valence-electron chi connectivity index (χ0n) is 11.3. The van der Waals surface area contributed by atoms with Gasteiger partial charge in [-0.2, -0.15) is 11.8 Å². The van der Waals surface area contributed by atoms with Crippen molar-refractivity contribution in [2.45, 2.75) is 43.4 Å². The van der Waals surface area contributed by atoms with Gasteiger partial charge in [0.1, 0.15) is 11.3 Å². The zero-order chi connectivity index (χ0) is 13.5. The van der Waals surface area contributed by atoms with Gasteiger partial charge in [-0.05, 0) is 37.7 Å². The molecule has 1 saturated carbocycles. The summed E-state index contributed by atoms with van der Waals surface area (Å²) in [6, 6.07) is 2.01. The van der Waals surface area contributed by atoms with E-state index in [0.29, 0.717) is 10.6 Å². The van der Waals surface area contributed by atoms with Crippen LogP contribution in [0.25, 0.3) is 11.2 Å². The quantitative estimate of drug-likeness (QED) is 0.805. The predicted octanol–water partition coefficient (Wildman–Crippen LogP) is 3.76. The highest BCUT2D eigenvalue weighted by atomic mass is 35.5. The maximum Gasteiger partial charge on any atom is 0.160 e. The van der Waals surface area contributed by atoms with E-state index in [4.69, 9.17) is 11.6 Å². The van der Waals surface area contributed by atoms with E-state index in [1.807, 2.05) is 24.0 Å². The van der Waals surface area contributed by atoms with Crippen LogP contribution in [0.4, 0.5) is 0 Å². The van der Waals surface area contributed by atoms with Gasteiger partial charge in [-0.15, -0.1) is 11.6 Å². The van der Waals surface area contributed by atoms with Crippen molar-refractivity contribution in [3.63, 3.8) is 0 Å². The van der Waals surface area contributed by atoms with Crippen LogP contribution >= 0.6 is 23.4 Å². The van der Waals surface area contributed by atoms with Gasteiger partial charge in [0, 0.05) is 17.5 Å². The fraction of sp³-hybridized carbons (Fsp3) is 0.571. The molecule has 0 radical (unpaired) electrons. The van der Waals surface area contributed by atoms with Crippen LogP contribution in [0.1, 0.15) is 30.7 Å². The Hall–Kier alpha value is -0.740. The smallest absolute Gasteiger partial charge is 0.160 e. The normalized spacial score (nSPS) is 17.6. The molecule has 0 aromatic carbocycles. The standard InChI is InChI=1S/C14H18ClN3S/c1-10-4-7-16-13-12(10)17-11(8-15)18(13)9-14(19-2)5-3-6-14/h4,7H,3,5-6,8-9H2,1-2H3. The van der Waals surface area contributed by atoms with Crippen molar-refractivity contribution >= 4 is 34.5 Å². The summed E-state index contributed by atoms with van der Waals surface area (Å²) in [4.78, 5) is 9.19. The second-order valence-corrected chi connectivity index (χ2v) is 6.83. The lowest BCUT2D eigenvalue weighted by Crippen LogP contribution is -2.38. The molecule has 19 heavy (non-hydrogen) atoms. The van der Waals surface area contributed by atoms with Crippen molar-refractivity contribution < 1.29 is 0 Å². The van der Waals surface area contributed by atoms with Crippen LogP contribution < -0.4 is 0 Å². The summed E-state index contributed by atoms with van der Waals surface area (Å²) in [7, 11) is 0. The van der Waals surface area contributed by atoms with E-state index in [2.05, 4.69) is 27.7 Å². The highest BCUT2D eigenvalue weighted by molar-refractivity contribution is 8.00. The van der Waals surface area contributed by atoms with Crippen molar-refractivity contribution in [1.82, 2.24) is 14.5 Å². The Morgan fingerprint density at radius 2 is 2.26 bits per heavy atom. The third kappa shape index (κ3) is 2.15. The lowest BCUT2D eigenvalue weighted by atomic mass is 9.84. The van der Waals surface area contributed by atoms with Crippen LogP contribution in [-0.2, 0) is 12.4 Å². The number of hydrogen-bond donors (Lipinski definition) is 0. The van der Waals surface area contributed by atoms with Crippen LogP contribution in [0.3, 0.4) is 0 Å². The fourth-order valence-corrected chi connectivity index (χ4v) is 3.90. The molecule has 0 N–H and O–H groups in total. The lowest BCUT2D eigenvalue weighted by molar-refractivity contribution is 0.322. The van der Waals surface area contributed by atoms with Gasteiger partial charge < -0.3 is 4.57 Å². The van der Waals surface area contributed by atoms with E-state index in [9.17, 15) is 0 Å². The van der Waals surface area contributed by atoms with Gasteiger partial charge in [-0.1, -0.05) is 6.42 Å². The average molecular weight is 296 g/mol.